The number of hydrogen-bond acceptors (Lipinski definition) is 6. The van der Waals surface area contributed by atoms with Crippen LogP contribution in [0.4, 0.5) is 10.1 Å². The molecule has 0 aliphatic carbocycles. The molecule has 0 atom stereocenters. The van der Waals surface area contributed by atoms with Crippen LogP contribution >= 0.6 is 11.8 Å². The number of amides is 1. The number of halogens is 1. The fourth-order valence-electron chi connectivity index (χ4n) is 3.72. The Morgan fingerprint density at radius 2 is 1.97 bits per heavy atom. The van der Waals surface area contributed by atoms with Crippen LogP contribution in [-0.4, -0.2) is 51.0 Å². The van der Waals surface area contributed by atoms with Crippen molar-refractivity contribution < 1.29 is 9.18 Å². The molecule has 3 aromatic heterocycles. The molecular formula is C23H26FN7OS. The van der Waals surface area contributed by atoms with Crippen LogP contribution in [0.15, 0.2) is 52.5 Å². The van der Waals surface area contributed by atoms with E-state index in [4.69, 9.17) is 0 Å². The first kappa shape index (κ1) is 22.8. The highest BCUT2D eigenvalue weighted by molar-refractivity contribution is 7.99. The van der Waals surface area contributed by atoms with E-state index in [-0.39, 0.29) is 5.91 Å². The second-order valence-electron chi connectivity index (χ2n) is 7.73. The molecule has 0 spiro atoms. The molecule has 0 unspecified atom stereocenters. The molecule has 0 saturated carbocycles. The van der Waals surface area contributed by atoms with Crippen LogP contribution in [-0.2, 0) is 7.05 Å². The van der Waals surface area contributed by atoms with E-state index in [1.54, 1.807) is 25.4 Å². The van der Waals surface area contributed by atoms with E-state index in [2.05, 4.69) is 30.6 Å². The molecule has 33 heavy (non-hydrogen) atoms. The monoisotopic (exact) mass is 467 g/mol. The van der Waals surface area contributed by atoms with Gasteiger partial charge < -0.3 is 14.8 Å². The van der Waals surface area contributed by atoms with E-state index in [9.17, 15) is 9.18 Å². The molecule has 1 saturated heterocycles. The third kappa shape index (κ3) is 5.00. The topological polar surface area (TPSA) is 91.7 Å². The third-order valence-corrected chi connectivity index (χ3v) is 6.82. The van der Waals surface area contributed by atoms with Gasteiger partial charge in [-0.3, -0.25) is 9.89 Å². The minimum absolute atomic E-state index is 0.131. The van der Waals surface area contributed by atoms with E-state index in [1.807, 2.05) is 42.9 Å². The highest BCUT2D eigenvalue weighted by Gasteiger charge is 2.16. The Balaban J connectivity index is 0.000000196. The number of benzene rings is 1. The third-order valence-electron chi connectivity index (χ3n) is 5.70. The van der Waals surface area contributed by atoms with E-state index in [0.29, 0.717) is 16.6 Å². The summed E-state index contributed by atoms with van der Waals surface area (Å²) in [5.74, 6) is -0.568. The van der Waals surface area contributed by atoms with Crippen molar-refractivity contribution >= 4 is 34.3 Å². The highest BCUT2D eigenvalue weighted by atomic mass is 32.2. The van der Waals surface area contributed by atoms with Crippen LogP contribution in [0.5, 0.6) is 0 Å². The number of hydrogen-bond donors (Lipinski definition) is 2. The van der Waals surface area contributed by atoms with Crippen molar-refractivity contribution in [2.24, 2.45) is 7.05 Å². The Morgan fingerprint density at radius 1 is 1.18 bits per heavy atom. The Bertz CT molecular complexity index is 1250. The SMILES string of the molecule is CNC(=O)c1cc(Sc2ccc3n[nH]c(F)c3c2)c(C)n1C.c1cc(N2CCCC2)cnn1. The summed E-state index contributed by atoms with van der Waals surface area (Å²) in [4.78, 5) is 16.0. The van der Waals surface area contributed by atoms with Gasteiger partial charge in [0, 0.05) is 42.7 Å². The van der Waals surface area contributed by atoms with Crippen molar-refractivity contribution in [3.8, 4) is 0 Å². The smallest absolute Gasteiger partial charge is 0.267 e. The van der Waals surface area contributed by atoms with Crippen LogP contribution in [0.3, 0.4) is 0 Å². The van der Waals surface area contributed by atoms with Crippen molar-refractivity contribution in [2.75, 3.05) is 25.0 Å². The second-order valence-corrected chi connectivity index (χ2v) is 8.85. The van der Waals surface area contributed by atoms with Gasteiger partial charge in [0.2, 0.25) is 5.95 Å². The van der Waals surface area contributed by atoms with Gasteiger partial charge in [-0.15, -0.1) is 0 Å². The summed E-state index contributed by atoms with van der Waals surface area (Å²) < 4.78 is 15.4. The summed E-state index contributed by atoms with van der Waals surface area (Å²) in [6.07, 6.45) is 6.18. The lowest BCUT2D eigenvalue weighted by molar-refractivity contribution is 0.0955. The molecule has 1 aliphatic rings. The van der Waals surface area contributed by atoms with E-state index in [1.165, 1.54) is 43.4 Å². The molecule has 4 aromatic rings. The molecule has 1 fully saturated rings. The van der Waals surface area contributed by atoms with Gasteiger partial charge in [0.15, 0.2) is 0 Å². The van der Waals surface area contributed by atoms with Crippen molar-refractivity contribution in [1.29, 1.82) is 0 Å². The molecule has 172 valence electrons. The molecule has 1 aromatic carbocycles. The lowest BCUT2D eigenvalue weighted by Gasteiger charge is -2.15. The first-order chi connectivity index (χ1) is 16.0. The minimum atomic E-state index is -0.437. The summed E-state index contributed by atoms with van der Waals surface area (Å²) in [6.45, 7) is 4.29. The number of carbonyl (C=O) groups is 1. The molecular weight excluding hydrogens is 441 g/mol. The van der Waals surface area contributed by atoms with Gasteiger partial charge in [-0.1, -0.05) is 11.8 Å². The van der Waals surface area contributed by atoms with Crippen LogP contribution in [0.2, 0.25) is 0 Å². The van der Waals surface area contributed by atoms with Gasteiger partial charge in [0.1, 0.15) is 5.69 Å². The van der Waals surface area contributed by atoms with Crippen molar-refractivity contribution in [3.05, 3.63) is 60.1 Å². The summed E-state index contributed by atoms with van der Waals surface area (Å²) in [5.41, 5.74) is 3.38. The van der Waals surface area contributed by atoms with Gasteiger partial charge in [0.05, 0.1) is 29.0 Å². The molecule has 4 heterocycles. The number of fused-ring (bicyclic) bond motifs is 1. The maximum Gasteiger partial charge on any atom is 0.267 e. The number of aromatic nitrogens is 5. The minimum Gasteiger partial charge on any atom is -0.370 e. The number of aromatic amines is 1. The van der Waals surface area contributed by atoms with E-state index in [0.717, 1.165) is 15.5 Å². The van der Waals surface area contributed by atoms with Crippen LogP contribution < -0.4 is 10.2 Å². The molecule has 1 aliphatic heterocycles. The summed E-state index contributed by atoms with van der Waals surface area (Å²) >= 11 is 1.49. The Morgan fingerprint density at radius 3 is 2.67 bits per heavy atom. The molecule has 2 N–H and O–H groups in total. The zero-order valence-electron chi connectivity index (χ0n) is 18.8. The Labute approximate surface area is 195 Å². The lowest BCUT2D eigenvalue weighted by Crippen LogP contribution is -2.20. The normalized spacial score (nSPS) is 13.2. The fourth-order valence-corrected chi connectivity index (χ4v) is 4.74. The predicted octanol–water partition coefficient (Wildman–Crippen LogP) is 3.94. The maximum absolute atomic E-state index is 13.6. The average Bonchev–Trinajstić information content (AvgIpc) is 3.57. The number of nitrogens with zero attached hydrogens (tertiary/aromatic N) is 5. The maximum atomic E-state index is 13.6. The zero-order chi connectivity index (χ0) is 23.4. The Kier molecular flexibility index (Phi) is 6.93. The van der Waals surface area contributed by atoms with E-state index >= 15 is 0 Å². The first-order valence-corrected chi connectivity index (χ1v) is 11.5. The van der Waals surface area contributed by atoms with Gasteiger partial charge >= 0.3 is 0 Å². The lowest BCUT2D eigenvalue weighted by atomic mass is 10.2. The number of anilines is 1. The molecule has 0 radical (unpaired) electrons. The van der Waals surface area contributed by atoms with E-state index < -0.39 is 5.95 Å². The van der Waals surface area contributed by atoms with Crippen LogP contribution in [0.25, 0.3) is 10.9 Å². The number of carbonyl (C=O) groups excluding carboxylic acids is 1. The van der Waals surface area contributed by atoms with Crippen molar-refractivity contribution in [3.63, 3.8) is 0 Å². The van der Waals surface area contributed by atoms with Crippen molar-refractivity contribution in [1.82, 2.24) is 30.3 Å². The van der Waals surface area contributed by atoms with Gasteiger partial charge in [-0.05, 0) is 50.1 Å². The highest BCUT2D eigenvalue weighted by Crippen LogP contribution is 2.34. The van der Waals surface area contributed by atoms with Gasteiger partial charge in [-0.2, -0.15) is 19.7 Å². The zero-order valence-corrected chi connectivity index (χ0v) is 19.6. The molecule has 5 rings (SSSR count). The number of H-pyrrole nitrogens is 1. The molecule has 0 bridgehead atoms. The van der Waals surface area contributed by atoms with Gasteiger partial charge in [-0.25, -0.2) is 0 Å². The van der Waals surface area contributed by atoms with Crippen molar-refractivity contribution in [2.45, 2.75) is 29.6 Å². The Hall–Kier alpha value is -3.40. The quantitative estimate of drug-likeness (QED) is 0.472. The standard InChI is InChI=1S/C15H15FN4OS.C8H11N3/c1-8-13(7-12(20(8)3)15(21)17-2)22-9-4-5-11-10(6-9)14(16)19-18-11;1-2-6-11(5-1)8-3-4-9-10-7-8/h4-7H,1-3H3,(H,17,21)(H,18,19);3-4,7H,1-2,5-6H2. The number of nitrogens with one attached hydrogen (secondary N) is 2. The predicted molar refractivity (Wildman–Crippen MR) is 127 cm³/mol. The molecule has 1 amide bonds. The summed E-state index contributed by atoms with van der Waals surface area (Å²) in [7, 11) is 3.45. The molecule has 8 nitrogen and oxygen atoms in total. The summed E-state index contributed by atoms with van der Waals surface area (Å²) in [6, 6.07) is 9.27. The van der Waals surface area contributed by atoms with Crippen LogP contribution in [0.1, 0.15) is 29.0 Å². The van der Waals surface area contributed by atoms with Gasteiger partial charge in [0.25, 0.3) is 5.91 Å². The number of rotatable bonds is 4. The first-order valence-electron chi connectivity index (χ1n) is 10.7. The average molecular weight is 468 g/mol. The molecule has 10 heteroatoms. The van der Waals surface area contributed by atoms with Crippen LogP contribution in [0, 0.1) is 12.9 Å². The second kappa shape index (κ2) is 10.0. The summed E-state index contributed by atoms with van der Waals surface area (Å²) in [5, 5.41) is 16.9. The fraction of sp³-hybridized carbons (Fsp3) is 0.304. The largest absolute Gasteiger partial charge is 0.370 e.